The molecule has 4 atom stereocenters. The van der Waals surface area contributed by atoms with Crippen molar-refractivity contribution >= 4 is 10.8 Å². The topological polar surface area (TPSA) is 29.5 Å². The molecule has 0 aliphatic carbocycles. The Kier molecular flexibility index (Phi) is 3.01. The van der Waals surface area contributed by atoms with Gasteiger partial charge in [-0.15, -0.1) is 0 Å². The summed E-state index contributed by atoms with van der Waals surface area (Å²) in [6, 6.07) is 14.8. The number of rotatable bonds is 3. The number of ether oxygens (including phenoxy) is 1. The highest BCUT2D eigenvalue weighted by molar-refractivity contribution is 5.85. The third kappa shape index (κ3) is 2.04. The van der Waals surface area contributed by atoms with Crippen LogP contribution in [-0.2, 0) is 11.2 Å². The van der Waals surface area contributed by atoms with Crippen molar-refractivity contribution in [2.45, 2.75) is 44.0 Å². The van der Waals surface area contributed by atoms with Crippen molar-refractivity contribution in [2.75, 3.05) is 0 Å². The van der Waals surface area contributed by atoms with Crippen molar-refractivity contribution in [1.29, 1.82) is 0 Å². The van der Waals surface area contributed by atoms with Gasteiger partial charge in [0.15, 0.2) is 0 Å². The Morgan fingerprint density at radius 3 is 2.75 bits per heavy atom. The van der Waals surface area contributed by atoms with Crippen LogP contribution in [0.25, 0.3) is 10.8 Å². The second-order valence-corrected chi connectivity index (χ2v) is 6.18. The van der Waals surface area contributed by atoms with Gasteiger partial charge in [0.2, 0.25) is 0 Å². The van der Waals surface area contributed by atoms with Crippen molar-refractivity contribution in [3.8, 4) is 0 Å². The molecule has 2 heterocycles. The third-order valence-electron chi connectivity index (χ3n) is 4.96. The van der Waals surface area contributed by atoms with Gasteiger partial charge in [-0.2, -0.15) is 0 Å². The van der Waals surface area contributed by atoms with E-state index < -0.39 is 0 Å². The molecule has 0 aromatic heterocycles. The van der Waals surface area contributed by atoms with E-state index in [0.717, 1.165) is 19.3 Å². The fraction of sp³-hybridized carbons (Fsp3) is 0.444. The minimum atomic E-state index is -0.281. The Morgan fingerprint density at radius 1 is 1.10 bits per heavy atom. The van der Waals surface area contributed by atoms with Gasteiger partial charge in [-0.25, -0.2) is 0 Å². The first-order valence-electron chi connectivity index (χ1n) is 7.61. The Bertz CT molecular complexity index is 616. The summed E-state index contributed by atoms with van der Waals surface area (Å²) in [6.45, 7) is 0. The van der Waals surface area contributed by atoms with Gasteiger partial charge in [-0.3, -0.25) is 0 Å². The molecule has 0 radical (unpaired) electrons. The van der Waals surface area contributed by atoms with Gasteiger partial charge in [-0.1, -0.05) is 42.5 Å². The van der Waals surface area contributed by atoms with Crippen molar-refractivity contribution in [1.82, 2.24) is 0 Å². The van der Waals surface area contributed by atoms with E-state index in [0.29, 0.717) is 18.1 Å². The van der Waals surface area contributed by atoms with Gasteiger partial charge in [0.1, 0.15) is 0 Å². The average molecular weight is 268 g/mol. The number of benzene rings is 2. The van der Waals surface area contributed by atoms with E-state index in [9.17, 15) is 5.11 Å². The molecule has 2 nitrogen and oxygen atoms in total. The summed E-state index contributed by atoms with van der Waals surface area (Å²) in [6.07, 6.45) is 4.51. The van der Waals surface area contributed by atoms with Gasteiger partial charge in [0.25, 0.3) is 0 Å². The second-order valence-electron chi connectivity index (χ2n) is 6.18. The highest BCUT2D eigenvalue weighted by Gasteiger charge is 2.43. The highest BCUT2D eigenvalue weighted by Crippen LogP contribution is 2.41. The number of aliphatic hydroxyl groups excluding tert-OH is 1. The van der Waals surface area contributed by atoms with E-state index in [4.69, 9.17) is 4.74 Å². The van der Waals surface area contributed by atoms with E-state index in [1.807, 2.05) is 0 Å². The molecule has 0 amide bonds. The lowest BCUT2D eigenvalue weighted by Crippen LogP contribution is -2.31. The number of hydrogen-bond acceptors (Lipinski definition) is 2. The van der Waals surface area contributed by atoms with Crippen LogP contribution in [0.15, 0.2) is 42.5 Å². The van der Waals surface area contributed by atoms with Gasteiger partial charge in [-0.05, 0) is 42.0 Å². The molecule has 2 aliphatic heterocycles. The van der Waals surface area contributed by atoms with E-state index >= 15 is 0 Å². The summed E-state index contributed by atoms with van der Waals surface area (Å²) in [5, 5.41) is 13.1. The lowest BCUT2D eigenvalue weighted by molar-refractivity contribution is 0.0433. The van der Waals surface area contributed by atoms with Crippen LogP contribution in [0.4, 0.5) is 0 Å². The lowest BCUT2D eigenvalue weighted by Gasteiger charge is -2.24. The fourth-order valence-corrected chi connectivity index (χ4v) is 3.93. The molecule has 104 valence electrons. The minimum Gasteiger partial charge on any atom is -0.392 e. The van der Waals surface area contributed by atoms with Crippen molar-refractivity contribution in [2.24, 2.45) is 5.92 Å². The Hall–Kier alpha value is -1.38. The zero-order valence-electron chi connectivity index (χ0n) is 11.5. The van der Waals surface area contributed by atoms with Crippen LogP contribution in [-0.4, -0.2) is 23.4 Å². The quantitative estimate of drug-likeness (QED) is 0.925. The molecule has 2 bridgehead atoms. The van der Waals surface area contributed by atoms with Crippen LogP contribution in [0.1, 0.15) is 24.8 Å². The summed E-state index contributed by atoms with van der Waals surface area (Å²) in [7, 11) is 0. The summed E-state index contributed by atoms with van der Waals surface area (Å²) < 4.78 is 5.87. The zero-order valence-corrected chi connectivity index (χ0v) is 11.5. The molecule has 2 saturated heterocycles. The van der Waals surface area contributed by atoms with Gasteiger partial charge < -0.3 is 9.84 Å². The number of aliphatic hydroxyl groups is 1. The van der Waals surface area contributed by atoms with Crippen LogP contribution in [0.2, 0.25) is 0 Å². The summed E-state index contributed by atoms with van der Waals surface area (Å²) in [5.74, 6) is 0.327. The van der Waals surface area contributed by atoms with E-state index in [1.165, 1.54) is 22.8 Å². The molecule has 2 aromatic carbocycles. The summed E-state index contributed by atoms with van der Waals surface area (Å²) >= 11 is 0. The number of fused-ring (bicyclic) bond motifs is 3. The molecule has 2 aromatic rings. The normalized spacial score (nSPS) is 29.9. The van der Waals surface area contributed by atoms with Crippen molar-refractivity contribution < 1.29 is 9.84 Å². The maximum atomic E-state index is 10.6. The first-order valence-corrected chi connectivity index (χ1v) is 7.61. The molecular formula is C18H20O2. The predicted molar refractivity (Wildman–Crippen MR) is 79.7 cm³/mol. The molecule has 20 heavy (non-hydrogen) atoms. The molecule has 4 unspecified atom stereocenters. The molecule has 0 saturated carbocycles. The van der Waals surface area contributed by atoms with E-state index in [1.54, 1.807) is 0 Å². The maximum Gasteiger partial charge on any atom is 0.0634 e. The lowest BCUT2D eigenvalue weighted by atomic mass is 9.82. The maximum absolute atomic E-state index is 10.6. The second kappa shape index (κ2) is 4.87. The number of hydrogen-bond donors (Lipinski definition) is 1. The zero-order chi connectivity index (χ0) is 13.5. The molecule has 2 fully saturated rings. The molecule has 1 N–H and O–H groups in total. The average Bonchev–Trinajstić information content (AvgIpc) is 3.10. The largest absolute Gasteiger partial charge is 0.392 e. The minimum absolute atomic E-state index is 0.281. The summed E-state index contributed by atoms with van der Waals surface area (Å²) in [4.78, 5) is 0. The standard InChI is InChI=1S/C18H20O2/c19-17(16-11-14-8-9-18(16)20-14)10-13-6-3-5-12-4-1-2-7-15(12)13/h1-7,14,16-19H,8-11H2. The third-order valence-corrected chi connectivity index (χ3v) is 4.96. The molecular weight excluding hydrogens is 248 g/mol. The van der Waals surface area contributed by atoms with E-state index in [-0.39, 0.29) is 6.10 Å². The Morgan fingerprint density at radius 2 is 1.95 bits per heavy atom. The highest BCUT2D eigenvalue weighted by atomic mass is 16.5. The van der Waals surface area contributed by atoms with Crippen molar-refractivity contribution in [3.63, 3.8) is 0 Å². The van der Waals surface area contributed by atoms with Crippen LogP contribution < -0.4 is 0 Å². The van der Waals surface area contributed by atoms with Crippen LogP contribution in [0.5, 0.6) is 0 Å². The van der Waals surface area contributed by atoms with E-state index in [2.05, 4.69) is 42.5 Å². The Balaban J connectivity index is 1.58. The van der Waals surface area contributed by atoms with Crippen LogP contribution in [0.3, 0.4) is 0 Å². The predicted octanol–water partition coefficient (Wildman–Crippen LogP) is 3.31. The summed E-state index contributed by atoms with van der Waals surface area (Å²) in [5.41, 5.74) is 1.25. The Labute approximate surface area is 119 Å². The SMILES string of the molecule is OC(Cc1cccc2ccccc12)C1CC2CCC1O2. The van der Waals surface area contributed by atoms with Gasteiger partial charge in [0.05, 0.1) is 18.3 Å². The molecule has 0 spiro atoms. The van der Waals surface area contributed by atoms with Gasteiger partial charge >= 0.3 is 0 Å². The molecule has 2 heteroatoms. The van der Waals surface area contributed by atoms with Crippen LogP contribution in [0, 0.1) is 5.92 Å². The first kappa shape index (κ1) is 12.4. The smallest absolute Gasteiger partial charge is 0.0634 e. The van der Waals surface area contributed by atoms with Crippen molar-refractivity contribution in [3.05, 3.63) is 48.0 Å². The molecule has 2 aliphatic rings. The van der Waals surface area contributed by atoms with Crippen LogP contribution >= 0.6 is 0 Å². The fourth-order valence-electron chi connectivity index (χ4n) is 3.93. The first-order chi connectivity index (χ1) is 9.81. The monoisotopic (exact) mass is 268 g/mol. The van der Waals surface area contributed by atoms with Gasteiger partial charge in [0, 0.05) is 5.92 Å². The molecule has 4 rings (SSSR count).